The van der Waals surface area contributed by atoms with E-state index in [2.05, 4.69) is 29.6 Å². The van der Waals surface area contributed by atoms with Crippen LogP contribution in [0.25, 0.3) is 11.1 Å². The van der Waals surface area contributed by atoms with Crippen LogP contribution >= 0.6 is 0 Å². The molecule has 7 nitrogen and oxygen atoms in total. The van der Waals surface area contributed by atoms with Gasteiger partial charge in [-0.15, -0.1) is 0 Å². The van der Waals surface area contributed by atoms with E-state index in [0.717, 1.165) is 11.1 Å². The maximum Gasteiger partial charge on any atom is 0.407 e. The summed E-state index contributed by atoms with van der Waals surface area (Å²) in [5.41, 5.74) is 4.64. The van der Waals surface area contributed by atoms with Gasteiger partial charge in [0.15, 0.2) is 0 Å². The highest BCUT2D eigenvalue weighted by atomic mass is 16.5. The highest BCUT2D eigenvalue weighted by Gasteiger charge is 2.39. The molecule has 174 valence electrons. The van der Waals surface area contributed by atoms with Gasteiger partial charge in [-0.05, 0) is 47.9 Å². The Balaban J connectivity index is 1.28. The zero-order chi connectivity index (χ0) is 23.5. The van der Waals surface area contributed by atoms with Gasteiger partial charge in [0.1, 0.15) is 12.6 Å². The van der Waals surface area contributed by atoms with Gasteiger partial charge in [0, 0.05) is 24.9 Å². The van der Waals surface area contributed by atoms with Crippen molar-refractivity contribution in [2.75, 3.05) is 13.2 Å². The van der Waals surface area contributed by atoms with Crippen LogP contribution in [0.3, 0.4) is 0 Å². The molecule has 4 rings (SSSR count). The second-order valence-electron chi connectivity index (χ2n) is 9.05. The van der Waals surface area contributed by atoms with Gasteiger partial charge in [0.05, 0.1) is 0 Å². The molecule has 1 aliphatic heterocycles. The van der Waals surface area contributed by atoms with Crippen molar-refractivity contribution in [2.24, 2.45) is 5.92 Å². The Bertz CT molecular complexity index is 1010. The molecule has 33 heavy (non-hydrogen) atoms. The maximum atomic E-state index is 12.5. The molecule has 2 aliphatic rings. The van der Waals surface area contributed by atoms with Crippen LogP contribution in [-0.2, 0) is 14.3 Å². The zero-order valence-corrected chi connectivity index (χ0v) is 19.0. The smallest absolute Gasteiger partial charge is 0.407 e. The first-order chi connectivity index (χ1) is 15.9. The fourth-order valence-electron chi connectivity index (χ4n) is 5.00. The van der Waals surface area contributed by atoms with Crippen molar-refractivity contribution in [3.63, 3.8) is 0 Å². The molecular formula is C26H30N2O5. The van der Waals surface area contributed by atoms with E-state index < -0.39 is 18.1 Å². The van der Waals surface area contributed by atoms with Gasteiger partial charge in [0.25, 0.3) is 0 Å². The lowest BCUT2D eigenvalue weighted by atomic mass is 9.98. The first-order valence-corrected chi connectivity index (χ1v) is 11.5. The minimum Gasteiger partial charge on any atom is -0.480 e. The summed E-state index contributed by atoms with van der Waals surface area (Å²) in [5.74, 6) is -1.21. The average molecular weight is 451 g/mol. The lowest BCUT2D eigenvalue weighted by Gasteiger charge is -2.24. The molecule has 0 radical (unpaired) electrons. The van der Waals surface area contributed by atoms with Crippen LogP contribution in [0.2, 0.25) is 0 Å². The van der Waals surface area contributed by atoms with Crippen LogP contribution in [-0.4, -0.2) is 53.2 Å². The molecule has 1 saturated heterocycles. The first kappa shape index (κ1) is 22.8. The number of carbonyl (C=O) groups excluding carboxylic acids is 2. The molecule has 2 N–H and O–H groups in total. The predicted octanol–water partition coefficient (Wildman–Crippen LogP) is 4.02. The summed E-state index contributed by atoms with van der Waals surface area (Å²) < 4.78 is 5.56. The minimum atomic E-state index is -0.960. The summed E-state index contributed by atoms with van der Waals surface area (Å²) in [6.07, 6.45) is 0.771. The Morgan fingerprint density at radius 3 is 2.30 bits per heavy atom. The van der Waals surface area contributed by atoms with Crippen molar-refractivity contribution in [3.8, 4) is 11.1 Å². The number of nitrogens with zero attached hydrogens (tertiary/aromatic N) is 1. The zero-order valence-electron chi connectivity index (χ0n) is 19.0. The second kappa shape index (κ2) is 9.65. The Morgan fingerprint density at radius 2 is 1.70 bits per heavy atom. The Labute approximate surface area is 193 Å². The maximum absolute atomic E-state index is 12.5. The number of carbonyl (C=O) groups is 3. The molecule has 0 spiro atoms. The fourth-order valence-corrected chi connectivity index (χ4v) is 5.00. The van der Waals surface area contributed by atoms with E-state index in [4.69, 9.17) is 4.74 Å². The number of benzene rings is 2. The summed E-state index contributed by atoms with van der Waals surface area (Å²) in [7, 11) is 0. The summed E-state index contributed by atoms with van der Waals surface area (Å²) >= 11 is 0. The van der Waals surface area contributed by atoms with E-state index in [1.165, 1.54) is 16.0 Å². The van der Waals surface area contributed by atoms with E-state index in [9.17, 15) is 19.5 Å². The molecule has 0 aromatic heterocycles. The molecule has 3 atom stereocenters. The fraction of sp³-hybridized carbons (Fsp3) is 0.423. The van der Waals surface area contributed by atoms with Gasteiger partial charge in [-0.25, -0.2) is 9.59 Å². The standard InChI is InChI=1S/C26H30N2O5/c1-16-13-14-28(24(16)25(30)31)23(29)12-11-17(2)27-26(32)33-15-22-20-9-5-3-7-18(20)19-8-4-6-10-21(19)22/h3-10,16-17,22,24H,11-15H2,1-2H3,(H,27,32)(H,30,31). The quantitative estimate of drug-likeness (QED) is 0.664. The van der Waals surface area contributed by atoms with Gasteiger partial charge in [-0.1, -0.05) is 55.5 Å². The van der Waals surface area contributed by atoms with Crippen molar-refractivity contribution in [1.82, 2.24) is 10.2 Å². The highest BCUT2D eigenvalue weighted by molar-refractivity contribution is 5.84. The molecule has 1 aliphatic carbocycles. The van der Waals surface area contributed by atoms with E-state index >= 15 is 0 Å². The van der Waals surface area contributed by atoms with Crippen LogP contribution in [0, 0.1) is 5.92 Å². The lowest BCUT2D eigenvalue weighted by molar-refractivity contribution is -0.149. The molecule has 3 unspecified atom stereocenters. The summed E-state index contributed by atoms with van der Waals surface area (Å²) in [4.78, 5) is 37.9. The number of aliphatic carboxylic acids is 1. The Hall–Kier alpha value is -3.35. The number of hydrogen-bond donors (Lipinski definition) is 2. The van der Waals surface area contributed by atoms with Gasteiger partial charge in [-0.2, -0.15) is 0 Å². The Morgan fingerprint density at radius 1 is 1.09 bits per heavy atom. The second-order valence-corrected chi connectivity index (χ2v) is 9.05. The third kappa shape index (κ3) is 4.72. The van der Waals surface area contributed by atoms with Crippen LogP contribution in [0.5, 0.6) is 0 Å². The van der Waals surface area contributed by atoms with Gasteiger partial charge in [-0.3, -0.25) is 4.79 Å². The third-order valence-electron chi connectivity index (χ3n) is 6.77. The number of hydrogen-bond acceptors (Lipinski definition) is 4. The summed E-state index contributed by atoms with van der Waals surface area (Å²) in [6, 6.07) is 15.3. The van der Waals surface area contributed by atoms with Gasteiger partial charge < -0.3 is 20.1 Å². The number of alkyl carbamates (subject to hydrolysis) is 1. The van der Waals surface area contributed by atoms with E-state index in [-0.39, 0.29) is 36.8 Å². The van der Waals surface area contributed by atoms with Crippen molar-refractivity contribution in [2.45, 2.75) is 51.1 Å². The molecule has 0 saturated carbocycles. The lowest BCUT2D eigenvalue weighted by Crippen LogP contribution is -2.43. The molecule has 1 fully saturated rings. The van der Waals surface area contributed by atoms with Crippen LogP contribution in [0.4, 0.5) is 4.79 Å². The number of carboxylic acids is 1. The number of likely N-dealkylation sites (tertiary alicyclic amines) is 1. The normalized spacial score (nSPS) is 20.1. The summed E-state index contributed by atoms with van der Waals surface area (Å²) in [5, 5.41) is 12.2. The number of fused-ring (bicyclic) bond motifs is 3. The van der Waals surface area contributed by atoms with E-state index in [1.54, 1.807) is 0 Å². The predicted molar refractivity (Wildman–Crippen MR) is 124 cm³/mol. The SMILES string of the molecule is CC(CCC(=O)N1CCC(C)C1C(=O)O)NC(=O)OCC1c2ccccc2-c2ccccc21. The molecule has 2 aromatic rings. The van der Waals surface area contributed by atoms with E-state index in [1.807, 2.05) is 38.1 Å². The highest BCUT2D eigenvalue weighted by Crippen LogP contribution is 2.44. The van der Waals surface area contributed by atoms with Crippen LogP contribution < -0.4 is 5.32 Å². The molecule has 0 bridgehead atoms. The third-order valence-corrected chi connectivity index (χ3v) is 6.77. The molecule has 2 amide bonds. The largest absolute Gasteiger partial charge is 0.480 e. The van der Waals surface area contributed by atoms with Crippen molar-refractivity contribution in [1.29, 1.82) is 0 Å². The van der Waals surface area contributed by atoms with Crippen LogP contribution in [0.15, 0.2) is 48.5 Å². The average Bonchev–Trinajstić information content (AvgIpc) is 3.34. The topological polar surface area (TPSA) is 95.9 Å². The minimum absolute atomic E-state index is 0.00913. The van der Waals surface area contributed by atoms with E-state index in [0.29, 0.717) is 19.4 Å². The van der Waals surface area contributed by atoms with Crippen LogP contribution in [0.1, 0.15) is 50.2 Å². The monoisotopic (exact) mass is 450 g/mol. The number of carboxylic acid groups (broad SMARTS) is 1. The van der Waals surface area contributed by atoms with Crippen molar-refractivity contribution >= 4 is 18.0 Å². The molecule has 1 heterocycles. The number of rotatable bonds is 7. The van der Waals surface area contributed by atoms with Crippen molar-refractivity contribution in [3.05, 3.63) is 59.7 Å². The number of ether oxygens (including phenoxy) is 1. The summed E-state index contributed by atoms with van der Waals surface area (Å²) in [6.45, 7) is 4.37. The van der Waals surface area contributed by atoms with Crippen molar-refractivity contribution < 1.29 is 24.2 Å². The van der Waals surface area contributed by atoms with Gasteiger partial charge >= 0.3 is 12.1 Å². The molecule has 7 heteroatoms. The number of amides is 2. The van der Waals surface area contributed by atoms with Gasteiger partial charge in [0.2, 0.25) is 5.91 Å². The number of nitrogens with one attached hydrogen (secondary N) is 1. The Kier molecular flexibility index (Phi) is 6.67. The first-order valence-electron chi connectivity index (χ1n) is 11.5. The molecule has 2 aromatic carbocycles. The molecular weight excluding hydrogens is 420 g/mol.